The Morgan fingerprint density at radius 1 is 1.20 bits per heavy atom. The minimum atomic E-state index is 0.0236. The van der Waals surface area contributed by atoms with Crippen molar-refractivity contribution in [2.75, 3.05) is 0 Å². The Labute approximate surface area is 124 Å². The highest BCUT2D eigenvalue weighted by atomic mass is 32.1. The van der Waals surface area contributed by atoms with E-state index < -0.39 is 0 Å². The molecule has 2 saturated carbocycles. The lowest BCUT2D eigenvalue weighted by molar-refractivity contribution is -0.122. The normalized spacial score (nSPS) is 23.9. The van der Waals surface area contributed by atoms with Crippen molar-refractivity contribution < 1.29 is 4.79 Å². The van der Waals surface area contributed by atoms with Gasteiger partial charge in [0.1, 0.15) is 0 Å². The highest BCUT2D eigenvalue weighted by Crippen LogP contribution is 2.47. The molecule has 0 aliphatic heterocycles. The van der Waals surface area contributed by atoms with Gasteiger partial charge in [0.2, 0.25) is 5.91 Å². The van der Waals surface area contributed by atoms with Gasteiger partial charge in [0.15, 0.2) is 5.11 Å². The number of hydrazine groups is 1. The van der Waals surface area contributed by atoms with Crippen molar-refractivity contribution >= 4 is 23.2 Å². The number of rotatable bonds is 3. The van der Waals surface area contributed by atoms with Crippen LogP contribution < -0.4 is 16.2 Å². The summed E-state index contributed by atoms with van der Waals surface area (Å²) in [4.78, 5) is 12.0. The standard InChI is InChI=1S/C15H19N3OS/c1-9-2-4-10(5-3-9)12-8-13(12)14(19)17-18-15(20)16-11-6-7-11/h2-5,11-13H,6-8H2,1H3,(H,17,19)(H2,16,18,20)/t12-,13-/m1/s1. The maximum atomic E-state index is 12.0. The van der Waals surface area contributed by atoms with Gasteiger partial charge in [0.25, 0.3) is 0 Å². The van der Waals surface area contributed by atoms with Crippen molar-refractivity contribution in [1.29, 1.82) is 0 Å². The molecule has 2 aliphatic rings. The molecule has 0 radical (unpaired) electrons. The van der Waals surface area contributed by atoms with Crippen LogP contribution in [0.5, 0.6) is 0 Å². The summed E-state index contributed by atoms with van der Waals surface area (Å²) in [5.41, 5.74) is 7.96. The van der Waals surface area contributed by atoms with Gasteiger partial charge in [0.05, 0.1) is 0 Å². The molecule has 2 aliphatic carbocycles. The molecule has 5 heteroatoms. The van der Waals surface area contributed by atoms with Crippen LogP contribution in [0.1, 0.15) is 36.3 Å². The van der Waals surface area contributed by atoms with E-state index in [2.05, 4.69) is 47.4 Å². The van der Waals surface area contributed by atoms with Crippen molar-refractivity contribution in [3.05, 3.63) is 35.4 Å². The Balaban J connectivity index is 1.44. The zero-order valence-electron chi connectivity index (χ0n) is 11.5. The Hall–Kier alpha value is -1.62. The molecule has 1 aromatic rings. The smallest absolute Gasteiger partial charge is 0.242 e. The summed E-state index contributed by atoms with van der Waals surface area (Å²) in [5, 5.41) is 3.63. The Morgan fingerprint density at radius 3 is 2.55 bits per heavy atom. The first kappa shape index (κ1) is 13.4. The molecule has 1 aromatic carbocycles. The molecule has 0 bridgehead atoms. The van der Waals surface area contributed by atoms with E-state index in [9.17, 15) is 4.79 Å². The lowest BCUT2D eigenvalue weighted by atomic mass is 10.1. The van der Waals surface area contributed by atoms with Crippen molar-refractivity contribution in [2.45, 2.75) is 38.1 Å². The second kappa shape index (κ2) is 5.40. The summed E-state index contributed by atoms with van der Waals surface area (Å²) in [6.07, 6.45) is 3.24. The van der Waals surface area contributed by atoms with Gasteiger partial charge in [-0.25, -0.2) is 0 Å². The largest absolute Gasteiger partial charge is 0.359 e. The van der Waals surface area contributed by atoms with Crippen LogP contribution in [0, 0.1) is 12.8 Å². The van der Waals surface area contributed by atoms with Crippen LogP contribution in [0.2, 0.25) is 0 Å². The number of amides is 1. The zero-order chi connectivity index (χ0) is 14.1. The fraction of sp³-hybridized carbons (Fsp3) is 0.467. The molecule has 4 nitrogen and oxygen atoms in total. The molecule has 106 valence electrons. The van der Waals surface area contributed by atoms with E-state index in [1.54, 1.807) is 0 Å². The number of hydrogen-bond acceptors (Lipinski definition) is 2. The van der Waals surface area contributed by atoms with Gasteiger partial charge in [-0.3, -0.25) is 15.6 Å². The third-order valence-corrected chi connectivity index (χ3v) is 4.06. The number of benzene rings is 1. The second-order valence-electron chi connectivity index (χ2n) is 5.72. The molecule has 3 N–H and O–H groups in total. The monoisotopic (exact) mass is 289 g/mol. The fourth-order valence-corrected chi connectivity index (χ4v) is 2.54. The molecule has 2 fully saturated rings. The van der Waals surface area contributed by atoms with Gasteiger partial charge in [0, 0.05) is 12.0 Å². The van der Waals surface area contributed by atoms with Crippen LogP contribution in [0.4, 0.5) is 0 Å². The van der Waals surface area contributed by atoms with Gasteiger partial charge >= 0.3 is 0 Å². The first-order chi connectivity index (χ1) is 9.63. The number of thiocarbonyl (C=S) groups is 1. The summed E-state index contributed by atoms with van der Waals surface area (Å²) >= 11 is 5.10. The molecule has 0 spiro atoms. The van der Waals surface area contributed by atoms with E-state index >= 15 is 0 Å². The van der Waals surface area contributed by atoms with Gasteiger partial charge in [-0.15, -0.1) is 0 Å². The van der Waals surface area contributed by atoms with Crippen LogP contribution >= 0.6 is 12.2 Å². The minimum Gasteiger partial charge on any atom is -0.359 e. The number of aryl methyl sites for hydroxylation is 1. The van der Waals surface area contributed by atoms with Crippen molar-refractivity contribution in [1.82, 2.24) is 16.2 Å². The predicted molar refractivity (Wildman–Crippen MR) is 82.1 cm³/mol. The van der Waals surface area contributed by atoms with Gasteiger partial charge in [-0.05, 0) is 49.9 Å². The maximum Gasteiger partial charge on any atom is 0.242 e. The molecular weight excluding hydrogens is 270 g/mol. The van der Waals surface area contributed by atoms with Crippen molar-refractivity contribution in [3.8, 4) is 0 Å². The summed E-state index contributed by atoms with van der Waals surface area (Å²) in [7, 11) is 0. The summed E-state index contributed by atoms with van der Waals surface area (Å²) < 4.78 is 0. The quantitative estimate of drug-likeness (QED) is 0.586. The maximum absolute atomic E-state index is 12.0. The Bertz CT molecular complexity index is 524. The average Bonchev–Trinajstić information content (AvgIpc) is 3.30. The molecule has 3 rings (SSSR count). The van der Waals surface area contributed by atoms with E-state index in [1.807, 2.05) is 0 Å². The number of nitrogens with one attached hydrogen (secondary N) is 3. The number of carbonyl (C=O) groups excluding carboxylic acids is 1. The van der Waals surface area contributed by atoms with Crippen molar-refractivity contribution in [2.24, 2.45) is 5.92 Å². The zero-order valence-corrected chi connectivity index (χ0v) is 12.3. The summed E-state index contributed by atoms with van der Waals surface area (Å²) in [5.74, 6) is 0.437. The van der Waals surface area contributed by atoms with Gasteiger partial charge < -0.3 is 5.32 Å². The lowest BCUT2D eigenvalue weighted by Gasteiger charge is -2.10. The first-order valence-electron chi connectivity index (χ1n) is 7.06. The van der Waals surface area contributed by atoms with E-state index in [0.717, 1.165) is 19.3 Å². The van der Waals surface area contributed by atoms with Gasteiger partial charge in [-0.1, -0.05) is 29.8 Å². The molecular formula is C15H19N3OS. The number of carbonyl (C=O) groups is 1. The number of hydrogen-bond donors (Lipinski definition) is 3. The summed E-state index contributed by atoms with van der Waals surface area (Å²) in [6, 6.07) is 8.90. The topological polar surface area (TPSA) is 53.2 Å². The SMILES string of the molecule is Cc1ccc([C@H]2C[C@H]2C(=O)NNC(=S)NC2CC2)cc1. The molecule has 1 amide bonds. The molecule has 2 atom stereocenters. The highest BCUT2D eigenvalue weighted by molar-refractivity contribution is 7.80. The first-order valence-corrected chi connectivity index (χ1v) is 7.47. The third kappa shape index (κ3) is 3.28. The van der Waals surface area contributed by atoms with E-state index in [4.69, 9.17) is 12.2 Å². The van der Waals surface area contributed by atoms with Crippen LogP contribution in [0.15, 0.2) is 24.3 Å². The molecule has 0 saturated heterocycles. The van der Waals surface area contributed by atoms with E-state index in [1.165, 1.54) is 11.1 Å². The lowest BCUT2D eigenvalue weighted by Crippen LogP contribution is -2.48. The summed E-state index contributed by atoms with van der Waals surface area (Å²) in [6.45, 7) is 2.07. The van der Waals surface area contributed by atoms with Crippen LogP contribution in [-0.2, 0) is 4.79 Å². The van der Waals surface area contributed by atoms with E-state index in [-0.39, 0.29) is 11.8 Å². The molecule has 20 heavy (non-hydrogen) atoms. The van der Waals surface area contributed by atoms with Crippen LogP contribution in [0.3, 0.4) is 0 Å². The van der Waals surface area contributed by atoms with Crippen LogP contribution in [0.25, 0.3) is 0 Å². The Morgan fingerprint density at radius 2 is 1.90 bits per heavy atom. The van der Waals surface area contributed by atoms with Gasteiger partial charge in [-0.2, -0.15) is 0 Å². The Kier molecular flexibility index (Phi) is 3.61. The molecule has 0 unspecified atom stereocenters. The van der Waals surface area contributed by atoms with Crippen LogP contribution in [-0.4, -0.2) is 17.1 Å². The minimum absolute atomic E-state index is 0.0236. The van der Waals surface area contributed by atoms with Crippen molar-refractivity contribution in [3.63, 3.8) is 0 Å². The average molecular weight is 289 g/mol. The second-order valence-corrected chi connectivity index (χ2v) is 6.13. The van der Waals surface area contributed by atoms with E-state index in [0.29, 0.717) is 17.1 Å². The fourth-order valence-electron chi connectivity index (χ4n) is 2.33. The third-order valence-electron chi connectivity index (χ3n) is 3.84. The molecule has 0 heterocycles. The highest BCUT2D eigenvalue weighted by Gasteiger charge is 2.43. The predicted octanol–water partition coefficient (Wildman–Crippen LogP) is 1.76. The molecule has 0 aromatic heterocycles.